The average Bonchev–Trinajstić information content (AvgIpc) is 3.36. The second-order valence-corrected chi connectivity index (χ2v) is 8.28. The van der Waals surface area contributed by atoms with Crippen molar-refractivity contribution in [2.45, 2.75) is 45.7 Å². The molecular formula is C25H28N4O2. The molecule has 4 rings (SSSR count). The lowest BCUT2D eigenvalue weighted by Gasteiger charge is -2.32. The van der Waals surface area contributed by atoms with Crippen molar-refractivity contribution < 1.29 is 9.21 Å². The molecule has 0 aliphatic heterocycles. The molecule has 0 bridgehead atoms. The molecule has 1 aliphatic carbocycles. The molecule has 0 radical (unpaired) electrons. The van der Waals surface area contributed by atoms with Gasteiger partial charge in [-0.15, -0.1) is 0 Å². The van der Waals surface area contributed by atoms with Crippen LogP contribution in [-0.2, 0) is 17.8 Å². The van der Waals surface area contributed by atoms with Crippen molar-refractivity contribution in [3.8, 4) is 6.07 Å². The summed E-state index contributed by atoms with van der Waals surface area (Å²) in [6, 6.07) is 14.7. The number of likely N-dealkylation sites (N-methyl/N-ethyl adjacent to an activating group) is 1. The van der Waals surface area contributed by atoms with Crippen molar-refractivity contribution in [1.82, 2.24) is 9.47 Å². The van der Waals surface area contributed by atoms with Gasteiger partial charge in [0, 0.05) is 11.7 Å². The smallest absolute Gasteiger partial charge is 0.239 e. The predicted molar refractivity (Wildman–Crippen MR) is 120 cm³/mol. The Morgan fingerprint density at radius 3 is 2.84 bits per heavy atom. The third kappa shape index (κ3) is 4.14. The summed E-state index contributed by atoms with van der Waals surface area (Å²) in [7, 11) is 2.00. The van der Waals surface area contributed by atoms with Gasteiger partial charge in [0.1, 0.15) is 17.6 Å². The van der Waals surface area contributed by atoms with Crippen molar-refractivity contribution >= 4 is 11.7 Å². The second kappa shape index (κ2) is 8.83. The highest BCUT2D eigenvalue weighted by atomic mass is 16.3. The van der Waals surface area contributed by atoms with Crippen LogP contribution in [0, 0.1) is 25.2 Å². The van der Waals surface area contributed by atoms with Crippen LogP contribution in [0.1, 0.15) is 52.6 Å². The summed E-state index contributed by atoms with van der Waals surface area (Å²) in [5.41, 5.74) is 5.01. The Kier molecular flexibility index (Phi) is 5.97. The Labute approximate surface area is 183 Å². The molecule has 0 saturated carbocycles. The van der Waals surface area contributed by atoms with Crippen LogP contribution in [-0.4, -0.2) is 29.0 Å². The molecule has 160 valence electrons. The summed E-state index contributed by atoms with van der Waals surface area (Å²) < 4.78 is 7.43. The number of aryl methyl sites for hydroxylation is 1. The Morgan fingerprint density at radius 1 is 1.29 bits per heavy atom. The normalized spacial score (nSPS) is 15.5. The summed E-state index contributed by atoms with van der Waals surface area (Å²) >= 11 is 0. The number of furan rings is 1. The van der Waals surface area contributed by atoms with Gasteiger partial charge < -0.3 is 14.3 Å². The monoisotopic (exact) mass is 416 g/mol. The van der Waals surface area contributed by atoms with Crippen LogP contribution in [0.15, 0.2) is 47.1 Å². The zero-order valence-corrected chi connectivity index (χ0v) is 18.3. The van der Waals surface area contributed by atoms with Gasteiger partial charge in [0.25, 0.3) is 0 Å². The van der Waals surface area contributed by atoms with Crippen LogP contribution in [0.3, 0.4) is 0 Å². The number of rotatable bonds is 6. The summed E-state index contributed by atoms with van der Waals surface area (Å²) in [6.07, 6.45) is 4.88. The van der Waals surface area contributed by atoms with Gasteiger partial charge in [-0.3, -0.25) is 9.69 Å². The fourth-order valence-corrected chi connectivity index (χ4v) is 4.58. The molecule has 1 atom stereocenters. The predicted octanol–water partition coefficient (Wildman–Crippen LogP) is 4.57. The van der Waals surface area contributed by atoms with Gasteiger partial charge in [0.15, 0.2) is 0 Å². The van der Waals surface area contributed by atoms with E-state index in [1.165, 1.54) is 11.1 Å². The van der Waals surface area contributed by atoms with Gasteiger partial charge >= 0.3 is 0 Å². The van der Waals surface area contributed by atoms with Gasteiger partial charge in [-0.05, 0) is 69.0 Å². The maximum Gasteiger partial charge on any atom is 0.239 e. The number of aromatic nitrogens is 1. The molecule has 6 heteroatoms. The van der Waals surface area contributed by atoms with E-state index in [9.17, 15) is 10.1 Å². The maximum atomic E-state index is 13.0. The van der Waals surface area contributed by atoms with Crippen LogP contribution in [0.4, 0.5) is 5.82 Å². The van der Waals surface area contributed by atoms with E-state index in [2.05, 4.69) is 40.6 Å². The third-order valence-electron chi connectivity index (χ3n) is 6.36. The Hall–Kier alpha value is -3.30. The lowest BCUT2D eigenvalue weighted by Crippen LogP contribution is -2.35. The fraction of sp³-hybridized carbons (Fsp3) is 0.360. The largest absolute Gasteiger partial charge is 0.467 e. The summed E-state index contributed by atoms with van der Waals surface area (Å²) in [5, 5.41) is 12.7. The maximum absolute atomic E-state index is 13.0. The minimum atomic E-state index is -0.125. The van der Waals surface area contributed by atoms with Crippen LogP contribution in [0.2, 0.25) is 0 Å². The van der Waals surface area contributed by atoms with Gasteiger partial charge in [-0.2, -0.15) is 5.26 Å². The van der Waals surface area contributed by atoms with Gasteiger partial charge in [-0.25, -0.2) is 0 Å². The van der Waals surface area contributed by atoms with Gasteiger partial charge in [0.2, 0.25) is 5.91 Å². The summed E-state index contributed by atoms with van der Waals surface area (Å²) in [4.78, 5) is 15.1. The van der Waals surface area contributed by atoms with Crippen LogP contribution >= 0.6 is 0 Å². The number of amides is 1. The number of anilines is 1. The molecular weight excluding hydrogens is 388 g/mol. The molecule has 0 spiro atoms. The number of nitrogens with zero attached hydrogens (tertiary/aromatic N) is 3. The van der Waals surface area contributed by atoms with Crippen LogP contribution in [0.25, 0.3) is 0 Å². The number of benzene rings is 1. The highest BCUT2D eigenvalue weighted by molar-refractivity contribution is 5.93. The SMILES string of the molecule is Cc1c(C#N)c(NC(=O)CN(C)[C@H]2CCCc3ccccc32)n(Cc2ccco2)c1C. The average molecular weight is 417 g/mol. The number of fused-ring (bicyclic) bond motifs is 1. The number of carbonyl (C=O) groups is 1. The number of carbonyl (C=O) groups excluding carboxylic acids is 1. The quantitative estimate of drug-likeness (QED) is 0.639. The van der Waals surface area contributed by atoms with E-state index in [4.69, 9.17) is 4.42 Å². The third-order valence-corrected chi connectivity index (χ3v) is 6.36. The van der Waals surface area contributed by atoms with E-state index in [0.29, 0.717) is 17.9 Å². The topological polar surface area (TPSA) is 74.2 Å². The molecule has 0 fully saturated rings. The Balaban J connectivity index is 1.54. The van der Waals surface area contributed by atoms with Crippen molar-refractivity contribution in [2.24, 2.45) is 0 Å². The van der Waals surface area contributed by atoms with Crippen molar-refractivity contribution in [3.63, 3.8) is 0 Å². The number of nitriles is 1. The highest BCUT2D eigenvalue weighted by Crippen LogP contribution is 2.33. The van der Waals surface area contributed by atoms with Crippen LogP contribution < -0.4 is 5.32 Å². The van der Waals surface area contributed by atoms with Gasteiger partial charge in [-0.1, -0.05) is 24.3 Å². The van der Waals surface area contributed by atoms with Gasteiger partial charge in [0.05, 0.1) is 24.9 Å². The zero-order valence-electron chi connectivity index (χ0n) is 18.3. The second-order valence-electron chi connectivity index (χ2n) is 8.28. The number of hydrogen-bond donors (Lipinski definition) is 1. The first-order valence-corrected chi connectivity index (χ1v) is 10.7. The first-order valence-electron chi connectivity index (χ1n) is 10.7. The molecule has 6 nitrogen and oxygen atoms in total. The molecule has 2 aromatic heterocycles. The number of nitrogens with one attached hydrogen (secondary N) is 1. The minimum Gasteiger partial charge on any atom is -0.467 e. The number of hydrogen-bond acceptors (Lipinski definition) is 4. The van der Waals surface area contributed by atoms with Crippen molar-refractivity contribution in [2.75, 3.05) is 18.9 Å². The van der Waals surface area contributed by atoms with Crippen molar-refractivity contribution in [3.05, 3.63) is 76.4 Å². The van der Waals surface area contributed by atoms with E-state index in [1.54, 1.807) is 6.26 Å². The van der Waals surface area contributed by atoms with Crippen molar-refractivity contribution in [1.29, 1.82) is 5.26 Å². The molecule has 0 saturated heterocycles. The molecule has 3 aromatic rings. The lowest BCUT2D eigenvalue weighted by molar-refractivity contribution is -0.117. The molecule has 0 unspecified atom stereocenters. The fourth-order valence-electron chi connectivity index (χ4n) is 4.58. The molecule has 1 N–H and O–H groups in total. The molecule has 1 aliphatic rings. The zero-order chi connectivity index (χ0) is 22.0. The molecule has 1 aromatic carbocycles. The van der Waals surface area contributed by atoms with E-state index in [1.807, 2.05) is 37.6 Å². The minimum absolute atomic E-state index is 0.125. The molecule has 31 heavy (non-hydrogen) atoms. The first kappa shape index (κ1) is 21.0. The highest BCUT2D eigenvalue weighted by Gasteiger charge is 2.26. The molecule has 1 amide bonds. The molecule has 2 heterocycles. The standard InChI is InChI=1S/C25H28N4O2/c1-17-18(2)29(15-20-10-7-13-31-20)25(22(17)14-26)27-24(30)16-28(3)23-12-6-9-19-8-4-5-11-21(19)23/h4-5,7-8,10-11,13,23H,6,9,12,15-16H2,1-3H3,(H,27,30)/t23-/m0/s1. The van der Waals surface area contributed by atoms with E-state index < -0.39 is 0 Å². The Morgan fingerprint density at radius 2 is 2.10 bits per heavy atom. The van der Waals surface area contributed by atoms with E-state index in [-0.39, 0.29) is 18.5 Å². The first-order chi connectivity index (χ1) is 15.0. The van der Waals surface area contributed by atoms with E-state index >= 15 is 0 Å². The summed E-state index contributed by atoms with van der Waals surface area (Å²) in [6.45, 7) is 4.59. The summed E-state index contributed by atoms with van der Waals surface area (Å²) in [5.74, 6) is 1.19. The van der Waals surface area contributed by atoms with E-state index in [0.717, 1.165) is 36.3 Å². The lowest BCUT2D eigenvalue weighted by atomic mass is 9.87. The Bertz CT molecular complexity index is 1120. The van der Waals surface area contributed by atoms with Crippen LogP contribution in [0.5, 0.6) is 0 Å².